The van der Waals surface area contributed by atoms with Crippen LogP contribution in [0.1, 0.15) is 43.7 Å². The largest absolute Gasteiger partial charge is 0.315 e. The number of hydrogen-bond acceptors (Lipinski definition) is 0. The van der Waals surface area contributed by atoms with E-state index in [0.717, 1.165) is 6.42 Å². The SMILES string of the molecule is CCCCCC1=Cc2ccccc2-n2ccc3cccc1c32. The molecular formula is C21H21N. The van der Waals surface area contributed by atoms with Crippen molar-refractivity contribution in [2.45, 2.75) is 32.6 Å². The fourth-order valence-electron chi connectivity index (χ4n) is 3.52. The average Bonchev–Trinajstić information content (AvgIpc) is 2.92. The van der Waals surface area contributed by atoms with E-state index in [1.807, 2.05) is 0 Å². The zero-order valence-corrected chi connectivity index (χ0v) is 13.0. The first kappa shape index (κ1) is 13.4. The van der Waals surface area contributed by atoms with Gasteiger partial charge in [-0.25, -0.2) is 0 Å². The molecule has 0 saturated heterocycles. The van der Waals surface area contributed by atoms with Gasteiger partial charge in [0, 0.05) is 17.1 Å². The molecule has 0 spiro atoms. The van der Waals surface area contributed by atoms with Crippen molar-refractivity contribution in [1.29, 1.82) is 0 Å². The van der Waals surface area contributed by atoms with E-state index in [1.54, 1.807) is 0 Å². The Morgan fingerprint density at radius 1 is 0.909 bits per heavy atom. The Hall–Kier alpha value is -2.28. The van der Waals surface area contributed by atoms with Gasteiger partial charge in [0.25, 0.3) is 0 Å². The van der Waals surface area contributed by atoms with Gasteiger partial charge in [-0.3, -0.25) is 0 Å². The second kappa shape index (κ2) is 5.49. The van der Waals surface area contributed by atoms with E-state index in [4.69, 9.17) is 0 Å². The summed E-state index contributed by atoms with van der Waals surface area (Å²) in [6, 6.07) is 17.6. The van der Waals surface area contributed by atoms with Gasteiger partial charge in [0.15, 0.2) is 0 Å². The van der Waals surface area contributed by atoms with E-state index in [2.05, 4.69) is 72.3 Å². The number of rotatable bonds is 4. The Bertz CT molecular complexity index is 851. The lowest BCUT2D eigenvalue weighted by atomic mass is 9.96. The standard InChI is InChI=1S/C21H21N/c1-2-3-4-8-17-15-18-9-5-6-12-20(18)22-14-13-16-10-7-11-19(17)21(16)22/h5-7,9-15H,2-4,8H2,1H3. The molecule has 0 aliphatic carbocycles. The molecule has 0 bridgehead atoms. The van der Waals surface area contributed by atoms with Gasteiger partial charge in [0.1, 0.15) is 0 Å². The van der Waals surface area contributed by atoms with Crippen LogP contribution in [0, 0.1) is 0 Å². The van der Waals surface area contributed by atoms with Crippen LogP contribution in [-0.2, 0) is 0 Å². The number of benzene rings is 2. The molecule has 0 atom stereocenters. The molecule has 0 N–H and O–H groups in total. The first-order valence-electron chi connectivity index (χ1n) is 8.29. The lowest BCUT2D eigenvalue weighted by molar-refractivity contribution is 0.736. The van der Waals surface area contributed by atoms with Gasteiger partial charge in [-0.15, -0.1) is 0 Å². The van der Waals surface area contributed by atoms with E-state index >= 15 is 0 Å². The second-order valence-corrected chi connectivity index (χ2v) is 6.11. The van der Waals surface area contributed by atoms with Crippen LogP contribution < -0.4 is 0 Å². The quantitative estimate of drug-likeness (QED) is 0.514. The summed E-state index contributed by atoms with van der Waals surface area (Å²) < 4.78 is 2.35. The third-order valence-corrected chi connectivity index (χ3v) is 4.63. The molecule has 2 heterocycles. The molecule has 1 heteroatoms. The summed E-state index contributed by atoms with van der Waals surface area (Å²) in [5.41, 5.74) is 6.84. The maximum Gasteiger partial charge on any atom is 0.0603 e. The van der Waals surface area contributed by atoms with Crippen molar-refractivity contribution >= 4 is 22.6 Å². The Balaban J connectivity index is 1.95. The van der Waals surface area contributed by atoms with Crippen LogP contribution in [0.25, 0.3) is 28.2 Å². The minimum Gasteiger partial charge on any atom is -0.315 e. The fourth-order valence-corrected chi connectivity index (χ4v) is 3.52. The average molecular weight is 287 g/mol. The number of fused-ring (bicyclic) bond motifs is 2. The fraction of sp³-hybridized carbons (Fsp3) is 0.238. The first-order chi connectivity index (χ1) is 10.9. The minimum absolute atomic E-state index is 1.16. The summed E-state index contributed by atoms with van der Waals surface area (Å²) in [4.78, 5) is 0. The van der Waals surface area contributed by atoms with Crippen molar-refractivity contribution < 1.29 is 0 Å². The minimum atomic E-state index is 1.16. The molecule has 1 aliphatic rings. The zero-order chi connectivity index (χ0) is 14.9. The van der Waals surface area contributed by atoms with E-state index in [0.29, 0.717) is 0 Å². The van der Waals surface area contributed by atoms with Crippen LogP contribution in [0.15, 0.2) is 54.7 Å². The van der Waals surface area contributed by atoms with Gasteiger partial charge in [-0.05, 0) is 42.2 Å². The van der Waals surface area contributed by atoms with Crippen LogP contribution in [0.5, 0.6) is 0 Å². The molecule has 0 radical (unpaired) electrons. The summed E-state index contributed by atoms with van der Waals surface area (Å²) in [7, 11) is 0. The first-order valence-corrected chi connectivity index (χ1v) is 8.29. The van der Waals surface area contributed by atoms with Crippen LogP contribution in [0.4, 0.5) is 0 Å². The molecule has 0 saturated carbocycles. The molecule has 3 aromatic rings. The Kier molecular flexibility index (Phi) is 3.34. The van der Waals surface area contributed by atoms with E-state index in [9.17, 15) is 0 Å². The summed E-state index contributed by atoms with van der Waals surface area (Å²) in [6.45, 7) is 2.27. The monoisotopic (exact) mass is 287 g/mol. The Labute approximate surface area is 131 Å². The molecule has 1 nitrogen and oxygen atoms in total. The summed E-state index contributed by atoms with van der Waals surface area (Å²) in [6.07, 6.45) is 9.59. The van der Waals surface area contributed by atoms with Crippen molar-refractivity contribution in [2.24, 2.45) is 0 Å². The van der Waals surface area contributed by atoms with E-state index in [-0.39, 0.29) is 0 Å². The van der Waals surface area contributed by atoms with Crippen LogP contribution in [0.2, 0.25) is 0 Å². The molecule has 1 aliphatic heterocycles. The van der Waals surface area contributed by atoms with E-state index < -0.39 is 0 Å². The predicted octanol–water partition coefficient (Wildman–Crippen LogP) is 6.06. The van der Waals surface area contributed by atoms with Crippen LogP contribution >= 0.6 is 0 Å². The molecule has 0 unspecified atom stereocenters. The van der Waals surface area contributed by atoms with Gasteiger partial charge in [0.2, 0.25) is 0 Å². The second-order valence-electron chi connectivity index (χ2n) is 6.11. The molecule has 110 valence electrons. The molecular weight excluding hydrogens is 266 g/mol. The van der Waals surface area contributed by atoms with Crippen molar-refractivity contribution in [2.75, 3.05) is 0 Å². The highest BCUT2D eigenvalue weighted by atomic mass is 15.0. The molecule has 2 aromatic carbocycles. The molecule has 4 rings (SSSR count). The maximum absolute atomic E-state index is 2.40. The summed E-state index contributed by atoms with van der Waals surface area (Å²) in [5, 5.41) is 1.33. The topological polar surface area (TPSA) is 4.93 Å². The van der Waals surface area contributed by atoms with Gasteiger partial charge >= 0.3 is 0 Å². The normalized spacial score (nSPS) is 12.9. The van der Waals surface area contributed by atoms with Crippen LogP contribution in [-0.4, -0.2) is 4.57 Å². The molecule has 0 amide bonds. The number of aromatic nitrogens is 1. The van der Waals surface area contributed by atoms with Gasteiger partial charge in [-0.1, -0.05) is 56.2 Å². The number of unbranched alkanes of at least 4 members (excludes halogenated alkanes) is 2. The number of allylic oxidation sites excluding steroid dienone is 1. The third kappa shape index (κ3) is 2.09. The molecule has 22 heavy (non-hydrogen) atoms. The van der Waals surface area contributed by atoms with Crippen molar-refractivity contribution in [3.8, 4) is 5.69 Å². The van der Waals surface area contributed by atoms with Gasteiger partial charge in [0.05, 0.1) is 11.2 Å². The highest BCUT2D eigenvalue weighted by Crippen LogP contribution is 2.36. The van der Waals surface area contributed by atoms with E-state index in [1.165, 1.54) is 52.6 Å². The van der Waals surface area contributed by atoms with Crippen molar-refractivity contribution in [3.63, 3.8) is 0 Å². The summed E-state index contributed by atoms with van der Waals surface area (Å²) in [5.74, 6) is 0. The lowest BCUT2D eigenvalue weighted by Crippen LogP contribution is -1.94. The third-order valence-electron chi connectivity index (χ3n) is 4.63. The highest BCUT2D eigenvalue weighted by Gasteiger charge is 2.16. The van der Waals surface area contributed by atoms with Gasteiger partial charge < -0.3 is 4.57 Å². The van der Waals surface area contributed by atoms with Crippen molar-refractivity contribution in [3.05, 3.63) is 65.9 Å². The maximum atomic E-state index is 2.40. The smallest absolute Gasteiger partial charge is 0.0603 e. The van der Waals surface area contributed by atoms with Gasteiger partial charge in [-0.2, -0.15) is 0 Å². The van der Waals surface area contributed by atoms with Crippen LogP contribution in [0.3, 0.4) is 0 Å². The van der Waals surface area contributed by atoms with Crippen molar-refractivity contribution in [1.82, 2.24) is 4.57 Å². The zero-order valence-electron chi connectivity index (χ0n) is 13.0. The Morgan fingerprint density at radius 2 is 1.82 bits per heavy atom. The predicted molar refractivity (Wildman–Crippen MR) is 95.3 cm³/mol. The summed E-state index contributed by atoms with van der Waals surface area (Å²) >= 11 is 0. The Morgan fingerprint density at radius 3 is 2.73 bits per heavy atom. The molecule has 1 aromatic heterocycles. The lowest BCUT2D eigenvalue weighted by Gasteiger charge is -2.09. The number of nitrogens with zero attached hydrogens (tertiary/aromatic N) is 1. The number of para-hydroxylation sites is 2. The molecule has 0 fully saturated rings. The number of hydrogen-bond donors (Lipinski definition) is 0. The highest BCUT2D eigenvalue weighted by molar-refractivity contribution is 5.99.